The van der Waals surface area contributed by atoms with Gasteiger partial charge in [0.25, 0.3) is 0 Å². The van der Waals surface area contributed by atoms with Gasteiger partial charge in [-0.05, 0) is 19.3 Å². The van der Waals surface area contributed by atoms with Crippen molar-refractivity contribution in [3.63, 3.8) is 0 Å². The van der Waals surface area contributed by atoms with E-state index in [0.717, 1.165) is 32.4 Å². The molecule has 24 heavy (non-hydrogen) atoms. The number of hydrogen-bond donors (Lipinski definition) is 1. The molecule has 3 heteroatoms. The van der Waals surface area contributed by atoms with Gasteiger partial charge >= 0.3 is 5.97 Å². The number of nitrogens with zero attached hydrogens (tertiary/aromatic N) is 1. The van der Waals surface area contributed by atoms with Gasteiger partial charge in [0.05, 0.1) is 0 Å². The molecule has 0 aromatic heterocycles. The van der Waals surface area contributed by atoms with Crippen molar-refractivity contribution in [3.05, 3.63) is 11.8 Å². The summed E-state index contributed by atoms with van der Waals surface area (Å²) in [6.07, 6.45) is 17.6. The highest BCUT2D eigenvalue weighted by Gasteiger charge is 2.15. The van der Waals surface area contributed by atoms with Crippen LogP contribution in [0.2, 0.25) is 0 Å². The van der Waals surface area contributed by atoms with Gasteiger partial charge < -0.3 is 10.0 Å². The third-order valence-electron chi connectivity index (χ3n) is 4.52. The molecular formula is C21H41NO2. The highest BCUT2D eigenvalue weighted by molar-refractivity contribution is 5.85. The largest absolute Gasteiger partial charge is 0.477 e. The second kappa shape index (κ2) is 16.9. The van der Waals surface area contributed by atoms with Crippen molar-refractivity contribution in [3.8, 4) is 0 Å². The Balaban J connectivity index is 4.28. The van der Waals surface area contributed by atoms with E-state index in [1.807, 2.05) is 13.0 Å². The molecule has 142 valence electrons. The lowest BCUT2D eigenvalue weighted by molar-refractivity contribution is -0.134. The van der Waals surface area contributed by atoms with Crippen molar-refractivity contribution in [2.75, 3.05) is 13.1 Å². The van der Waals surface area contributed by atoms with Crippen LogP contribution in [0, 0.1) is 0 Å². The summed E-state index contributed by atoms with van der Waals surface area (Å²) >= 11 is 0. The van der Waals surface area contributed by atoms with Crippen LogP contribution in [0.4, 0.5) is 0 Å². The molecule has 0 atom stereocenters. The van der Waals surface area contributed by atoms with Crippen LogP contribution in [0.3, 0.4) is 0 Å². The summed E-state index contributed by atoms with van der Waals surface area (Å²) in [7, 11) is 0. The van der Waals surface area contributed by atoms with E-state index in [2.05, 4.69) is 18.7 Å². The maximum atomic E-state index is 11.6. The van der Waals surface area contributed by atoms with Gasteiger partial charge in [0.15, 0.2) is 0 Å². The molecule has 0 rings (SSSR count). The molecule has 0 aliphatic carbocycles. The summed E-state index contributed by atoms with van der Waals surface area (Å²) in [5.74, 6) is -0.770. The van der Waals surface area contributed by atoms with Crippen LogP contribution in [0.25, 0.3) is 0 Å². The molecule has 0 aromatic carbocycles. The summed E-state index contributed by atoms with van der Waals surface area (Å²) in [5, 5.41) is 9.51. The van der Waals surface area contributed by atoms with Gasteiger partial charge in [-0.25, -0.2) is 4.79 Å². The molecule has 0 bridgehead atoms. The average Bonchev–Trinajstić information content (AvgIpc) is 2.57. The van der Waals surface area contributed by atoms with Gasteiger partial charge in [-0.1, -0.05) is 91.1 Å². The fourth-order valence-corrected chi connectivity index (χ4v) is 3.06. The molecule has 0 heterocycles. The molecule has 0 spiro atoms. The first-order chi connectivity index (χ1) is 11.7. The second-order valence-corrected chi connectivity index (χ2v) is 6.83. The Bertz CT molecular complexity index is 310. The Hall–Kier alpha value is -0.990. The Morgan fingerprint density at radius 3 is 1.54 bits per heavy atom. The monoisotopic (exact) mass is 339 g/mol. The standard InChI is InChI=1S/C21H41NO2/c1-4-7-9-11-13-15-18-22(20(17-6-3)21(23)24)19-16-14-12-10-8-5-2/h17H,4-16,18-19H2,1-3H3,(H,23,24)/b20-17+. The first-order valence-corrected chi connectivity index (χ1v) is 10.4. The smallest absolute Gasteiger partial charge is 0.351 e. The highest BCUT2D eigenvalue weighted by atomic mass is 16.4. The number of allylic oxidation sites excluding steroid dienone is 1. The highest BCUT2D eigenvalue weighted by Crippen LogP contribution is 2.14. The number of carboxylic acids is 1. The number of unbranched alkanes of at least 4 members (excludes halogenated alkanes) is 10. The SMILES string of the molecule is CC/C=C(\C(=O)O)N(CCCCCCCC)CCCCCCCC. The summed E-state index contributed by atoms with van der Waals surface area (Å²) < 4.78 is 0. The van der Waals surface area contributed by atoms with Crippen molar-refractivity contribution in [2.24, 2.45) is 0 Å². The third-order valence-corrected chi connectivity index (χ3v) is 4.52. The van der Waals surface area contributed by atoms with E-state index in [1.165, 1.54) is 64.2 Å². The molecule has 0 radical (unpaired) electrons. The van der Waals surface area contributed by atoms with E-state index in [4.69, 9.17) is 0 Å². The Morgan fingerprint density at radius 1 is 0.750 bits per heavy atom. The first-order valence-electron chi connectivity index (χ1n) is 10.4. The minimum absolute atomic E-state index is 0.514. The van der Waals surface area contributed by atoms with Crippen molar-refractivity contribution in [1.82, 2.24) is 4.90 Å². The van der Waals surface area contributed by atoms with Crippen LogP contribution < -0.4 is 0 Å². The molecule has 0 aliphatic heterocycles. The quantitative estimate of drug-likeness (QED) is 0.246. The van der Waals surface area contributed by atoms with Crippen LogP contribution >= 0.6 is 0 Å². The maximum Gasteiger partial charge on any atom is 0.351 e. The van der Waals surface area contributed by atoms with Crippen molar-refractivity contribution < 1.29 is 9.90 Å². The predicted octanol–water partition coefficient (Wildman–Crippen LogP) is 6.39. The van der Waals surface area contributed by atoms with E-state index in [0.29, 0.717) is 5.70 Å². The van der Waals surface area contributed by atoms with Crippen LogP contribution in [0.5, 0.6) is 0 Å². The minimum atomic E-state index is -0.770. The van der Waals surface area contributed by atoms with Crippen LogP contribution in [-0.2, 0) is 4.79 Å². The molecule has 0 saturated carbocycles. The zero-order valence-corrected chi connectivity index (χ0v) is 16.5. The lowest BCUT2D eigenvalue weighted by Crippen LogP contribution is -2.29. The number of hydrogen-bond acceptors (Lipinski definition) is 2. The van der Waals surface area contributed by atoms with E-state index >= 15 is 0 Å². The minimum Gasteiger partial charge on any atom is -0.477 e. The first kappa shape index (κ1) is 23.0. The number of rotatable bonds is 17. The molecule has 0 aliphatic rings. The van der Waals surface area contributed by atoms with Crippen LogP contribution in [0.15, 0.2) is 11.8 Å². The van der Waals surface area contributed by atoms with E-state index in [9.17, 15) is 9.90 Å². The third kappa shape index (κ3) is 12.4. The summed E-state index contributed by atoms with van der Waals surface area (Å²) in [6.45, 7) is 8.25. The van der Waals surface area contributed by atoms with Crippen molar-refractivity contribution in [1.29, 1.82) is 0 Å². The molecule has 0 amide bonds. The van der Waals surface area contributed by atoms with Gasteiger partial charge in [-0.3, -0.25) is 0 Å². The number of aliphatic carboxylic acids is 1. The molecule has 0 fully saturated rings. The van der Waals surface area contributed by atoms with E-state index in [1.54, 1.807) is 0 Å². The number of carbonyl (C=O) groups is 1. The lowest BCUT2D eigenvalue weighted by Gasteiger charge is -2.25. The van der Waals surface area contributed by atoms with Gasteiger partial charge in [0, 0.05) is 13.1 Å². The molecule has 0 aromatic rings. The zero-order valence-electron chi connectivity index (χ0n) is 16.5. The van der Waals surface area contributed by atoms with E-state index in [-0.39, 0.29) is 0 Å². The second-order valence-electron chi connectivity index (χ2n) is 6.83. The summed E-state index contributed by atoms with van der Waals surface area (Å²) in [6, 6.07) is 0. The summed E-state index contributed by atoms with van der Waals surface area (Å²) in [5.41, 5.74) is 0.514. The molecule has 0 unspecified atom stereocenters. The topological polar surface area (TPSA) is 40.5 Å². The predicted molar refractivity (Wildman–Crippen MR) is 104 cm³/mol. The molecule has 0 saturated heterocycles. The van der Waals surface area contributed by atoms with Gasteiger partial charge in [0.1, 0.15) is 5.70 Å². The Kier molecular flexibility index (Phi) is 16.2. The Labute approximate surface area is 150 Å². The number of carboxylic acid groups (broad SMARTS) is 1. The van der Waals surface area contributed by atoms with Crippen LogP contribution in [0.1, 0.15) is 104 Å². The van der Waals surface area contributed by atoms with Gasteiger partial charge in [-0.2, -0.15) is 0 Å². The fraction of sp³-hybridized carbons (Fsp3) is 0.857. The average molecular weight is 340 g/mol. The molecule has 3 nitrogen and oxygen atoms in total. The normalized spacial score (nSPS) is 11.7. The summed E-state index contributed by atoms with van der Waals surface area (Å²) in [4.78, 5) is 13.7. The maximum absolute atomic E-state index is 11.6. The van der Waals surface area contributed by atoms with Gasteiger partial charge in [0.2, 0.25) is 0 Å². The van der Waals surface area contributed by atoms with E-state index < -0.39 is 5.97 Å². The van der Waals surface area contributed by atoms with Gasteiger partial charge in [-0.15, -0.1) is 0 Å². The fourth-order valence-electron chi connectivity index (χ4n) is 3.06. The zero-order chi connectivity index (χ0) is 18.0. The molecular weight excluding hydrogens is 298 g/mol. The lowest BCUT2D eigenvalue weighted by atomic mass is 10.1. The van der Waals surface area contributed by atoms with Crippen molar-refractivity contribution in [2.45, 2.75) is 104 Å². The Morgan fingerprint density at radius 2 is 1.17 bits per heavy atom. The van der Waals surface area contributed by atoms with Crippen molar-refractivity contribution >= 4 is 5.97 Å². The molecule has 1 N–H and O–H groups in total. The van der Waals surface area contributed by atoms with Crippen LogP contribution in [-0.4, -0.2) is 29.1 Å².